The zero-order valence-electron chi connectivity index (χ0n) is 9.31. The van der Waals surface area contributed by atoms with E-state index in [1.165, 1.54) is 0 Å². The first kappa shape index (κ1) is 10.2. The predicted molar refractivity (Wildman–Crippen MR) is 57.4 cm³/mol. The molecule has 4 heteroatoms. The van der Waals surface area contributed by atoms with Crippen molar-refractivity contribution in [3.05, 3.63) is 18.0 Å². The van der Waals surface area contributed by atoms with Gasteiger partial charge in [-0.3, -0.25) is 9.48 Å². The Hall–Kier alpha value is -1.32. The molecule has 1 saturated carbocycles. The predicted octanol–water partition coefficient (Wildman–Crippen LogP) is 1.20. The molecule has 1 aromatic heterocycles. The first-order valence-electron chi connectivity index (χ1n) is 5.50. The van der Waals surface area contributed by atoms with Gasteiger partial charge in [-0.1, -0.05) is 0 Å². The molecular formula is C11H17N3O. The average Bonchev–Trinajstić information content (AvgIpc) is 2.95. The van der Waals surface area contributed by atoms with Crippen molar-refractivity contribution in [2.45, 2.75) is 39.3 Å². The van der Waals surface area contributed by atoms with Gasteiger partial charge in [-0.25, -0.2) is 0 Å². The second-order valence-corrected chi connectivity index (χ2v) is 4.04. The van der Waals surface area contributed by atoms with E-state index >= 15 is 0 Å². The van der Waals surface area contributed by atoms with Crippen LogP contribution in [0.15, 0.2) is 12.3 Å². The van der Waals surface area contributed by atoms with Gasteiger partial charge in [-0.05, 0) is 32.8 Å². The second-order valence-electron chi connectivity index (χ2n) is 4.04. The maximum absolute atomic E-state index is 11.9. The Balaban J connectivity index is 1.99. The molecular weight excluding hydrogens is 190 g/mol. The molecule has 0 aliphatic heterocycles. The molecule has 82 valence electrons. The summed E-state index contributed by atoms with van der Waals surface area (Å²) in [4.78, 5) is 13.9. The van der Waals surface area contributed by atoms with Gasteiger partial charge in [0.15, 0.2) is 0 Å². The Labute approximate surface area is 89.9 Å². The van der Waals surface area contributed by atoms with E-state index in [0.29, 0.717) is 12.6 Å². The second kappa shape index (κ2) is 4.04. The Morgan fingerprint density at radius 2 is 2.40 bits per heavy atom. The molecule has 1 heterocycles. The topological polar surface area (TPSA) is 38.1 Å². The molecule has 1 amide bonds. The zero-order chi connectivity index (χ0) is 10.8. The van der Waals surface area contributed by atoms with Crippen LogP contribution in [-0.2, 0) is 11.3 Å². The van der Waals surface area contributed by atoms with Gasteiger partial charge in [-0.2, -0.15) is 5.10 Å². The van der Waals surface area contributed by atoms with Crippen molar-refractivity contribution in [3.8, 4) is 0 Å². The number of aromatic nitrogens is 2. The molecule has 2 rings (SSSR count). The Kier molecular flexibility index (Phi) is 2.75. The van der Waals surface area contributed by atoms with Crippen LogP contribution in [0.3, 0.4) is 0 Å². The SMILES string of the molecule is CCN(C(=O)Cn1nccc1C)C1CC1. The van der Waals surface area contributed by atoms with Crippen molar-refractivity contribution in [3.63, 3.8) is 0 Å². The first-order valence-corrected chi connectivity index (χ1v) is 5.50. The summed E-state index contributed by atoms with van der Waals surface area (Å²) >= 11 is 0. The van der Waals surface area contributed by atoms with Crippen LogP contribution in [0.5, 0.6) is 0 Å². The fraction of sp³-hybridized carbons (Fsp3) is 0.636. The average molecular weight is 207 g/mol. The third kappa shape index (κ3) is 2.19. The number of likely N-dealkylation sites (N-methyl/N-ethyl adjacent to an activating group) is 1. The van der Waals surface area contributed by atoms with Crippen molar-refractivity contribution >= 4 is 5.91 Å². The third-order valence-electron chi connectivity index (χ3n) is 2.86. The van der Waals surface area contributed by atoms with Crippen molar-refractivity contribution in [1.29, 1.82) is 0 Å². The molecule has 0 bridgehead atoms. The highest BCUT2D eigenvalue weighted by molar-refractivity contribution is 5.76. The molecule has 0 atom stereocenters. The fourth-order valence-electron chi connectivity index (χ4n) is 1.81. The van der Waals surface area contributed by atoms with Crippen molar-refractivity contribution in [2.24, 2.45) is 0 Å². The van der Waals surface area contributed by atoms with Crippen LogP contribution in [0.1, 0.15) is 25.5 Å². The van der Waals surface area contributed by atoms with Gasteiger partial charge >= 0.3 is 0 Å². The number of amides is 1. The lowest BCUT2D eigenvalue weighted by Gasteiger charge is -2.20. The van der Waals surface area contributed by atoms with Gasteiger partial charge in [0.25, 0.3) is 0 Å². The summed E-state index contributed by atoms with van der Waals surface area (Å²) in [5.41, 5.74) is 1.04. The third-order valence-corrected chi connectivity index (χ3v) is 2.86. The van der Waals surface area contributed by atoms with Crippen LogP contribution >= 0.6 is 0 Å². The van der Waals surface area contributed by atoms with E-state index in [1.807, 2.05) is 24.8 Å². The van der Waals surface area contributed by atoms with Crippen molar-refractivity contribution < 1.29 is 4.79 Å². The molecule has 0 spiro atoms. The Bertz CT molecular complexity index is 354. The Morgan fingerprint density at radius 3 is 2.87 bits per heavy atom. The normalized spacial score (nSPS) is 15.3. The monoisotopic (exact) mass is 207 g/mol. The molecule has 0 aromatic carbocycles. The molecule has 0 saturated heterocycles. The van der Waals surface area contributed by atoms with E-state index in [4.69, 9.17) is 0 Å². The van der Waals surface area contributed by atoms with E-state index in [1.54, 1.807) is 10.9 Å². The molecule has 4 nitrogen and oxygen atoms in total. The molecule has 1 aliphatic rings. The minimum absolute atomic E-state index is 0.187. The molecule has 1 fully saturated rings. The standard InChI is InChI=1S/C11H17N3O/c1-3-13(10-4-5-10)11(15)8-14-9(2)6-7-12-14/h6-7,10H,3-5,8H2,1-2H3. The van der Waals surface area contributed by atoms with Gasteiger partial charge in [-0.15, -0.1) is 0 Å². The molecule has 1 aromatic rings. The van der Waals surface area contributed by atoms with Crippen LogP contribution in [0.25, 0.3) is 0 Å². The summed E-state index contributed by atoms with van der Waals surface area (Å²) in [6, 6.07) is 2.42. The number of aryl methyl sites for hydroxylation is 1. The molecule has 15 heavy (non-hydrogen) atoms. The van der Waals surface area contributed by atoms with Gasteiger partial charge in [0.1, 0.15) is 6.54 Å². The number of carbonyl (C=O) groups excluding carboxylic acids is 1. The lowest BCUT2D eigenvalue weighted by Crippen LogP contribution is -2.35. The highest BCUT2D eigenvalue weighted by Gasteiger charge is 2.31. The number of nitrogens with zero attached hydrogens (tertiary/aromatic N) is 3. The summed E-state index contributed by atoms with van der Waals surface area (Å²) in [7, 11) is 0. The van der Waals surface area contributed by atoms with Gasteiger partial charge in [0, 0.05) is 24.5 Å². The van der Waals surface area contributed by atoms with Crippen LogP contribution < -0.4 is 0 Å². The summed E-state index contributed by atoms with van der Waals surface area (Å²) < 4.78 is 1.76. The van der Waals surface area contributed by atoms with Crippen LogP contribution in [0, 0.1) is 6.92 Å². The largest absolute Gasteiger partial charge is 0.338 e. The first-order chi connectivity index (χ1) is 7.22. The summed E-state index contributed by atoms with van der Waals surface area (Å²) in [5, 5.41) is 4.12. The molecule has 0 unspecified atom stereocenters. The Morgan fingerprint density at radius 1 is 1.67 bits per heavy atom. The lowest BCUT2D eigenvalue weighted by atomic mass is 10.4. The van der Waals surface area contributed by atoms with E-state index < -0.39 is 0 Å². The molecule has 0 N–H and O–H groups in total. The van der Waals surface area contributed by atoms with E-state index in [2.05, 4.69) is 5.10 Å². The highest BCUT2D eigenvalue weighted by atomic mass is 16.2. The number of hydrogen-bond donors (Lipinski definition) is 0. The molecule has 0 radical (unpaired) electrons. The van der Waals surface area contributed by atoms with E-state index in [0.717, 1.165) is 25.1 Å². The van der Waals surface area contributed by atoms with Gasteiger partial charge in [0.05, 0.1) is 0 Å². The minimum Gasteiger partial charge on any atom is -0.338 e. The van der Waals surface area contributed by atoms with E-state index in [-0.39, 0.29) is 5.91 Å². The maximum Gasteiger partial charge on any atom is 0.244 e. The quantitative estimate of drug-likeness (QED) is 0.744. The maximum atomic E-state index is 11.9. The number of carbonyl (C=O) groups is 1. The van der Waals surface area contributed by atoms with Crippen LogP contribution in [-0.4, -0.2) is 33.2 Å². The van der Waals surface area contributed by atoms with Crippen molar-refractivity contribution in [1.82, 2.24) is 14.7 Å². The smallest absolute Gasteiger partial charge is 0.244 e. The lowest BCUT2D eigenvalue weighted by molar-refractivity contribution is -0.132. The summed E-state index contributed by atoms with van der Waals surface area (Å²) in [6.45, 7) is 5.19. The van der Waals surface area contributed by atoms with Gasteiger partial charge in [0.2, 0.25) is 5.91 Å². The van der Waals surface area contributed by atoms with Crippen molar-refractivity contribution in [2.75, 3.05) is 6.54 Å². The molecule has 1 aliphatic carbocycles. The van der Waals surface area contributed by atoms with Crippen LogP contribution in [0.4, 0.5) is 0 Å². The summed E-state index contributed by atoms with van der Waals surface area (Å²) in [5.74, 6) is 0.187. The fourth-order valence-corrected chi connectivity index (χ4v) is 1.81. The van der Waals surface area contributed by atoms with Gasteiger partial charge < -0.3 is 4.90 Å². The number of hydrogen-bond acceptors (Lipinski definition) is 2. The zero-order valence-corrected chi connectivity index (χ0v) is 9.31. The number of rotatable bonds is 4. The minimum atomic E-state index is 0.187. The highest BCUT2D eigenvalue weighted by Crippen LogP contribution is 2.26. The van der Waals surface area contributed by atoms with Crippen LogP contribution in [0.2, 0.25) is 0 Å². The summed E-state index contributed by atoms with van der Waals surface area (Å²) in [6.07, 6.45) is 4.06. The van der Waals surface area contributed by atoms with E-state index in [9.17, 15) is 4.79 Å².